The monoisotopic (exact) mass is 2250 g/mol. The molecule has 0 aliphatic rings. The largest absolute Gasteiger partial charge is 0.361 e. The van der Waals surface area contributed by atoms with Gasteiger partial charge in [-0.2, -0.15) is 0 Å². The molecule has 0 saturated carbocycles. The number of nitro benzene ring substituents is 1. The Labute approximate surface area is 874 Å². The van der Waals surface area contributed by atoms with Gasteiger partial charge in [-0.15, -0.1) is 0 Å². The molecular weight excluding hydrogens is 2190 g/mol. The van der Waals surface area contributed by atoms with Crippen molar-refractivity contribution >= 4 is 193 Å². The maximum atomic E-state index is 12.2. The van der Waals surface area contributed by atoms with Crippen molar-refractivity contribution in [2.75, 3.05) is 0 Å². The Hall–Kier alpha value is -13.1. The number of nitro groups is 1. The van der Waals surface area contributed by atoms with Gasteiger partial charge < -0.3 is 27.1 Å². The summed E-state index contributed by atoms with van der Waals surface area (Å²) in [5.74, 6) is 3.21. The Balaban J connectivity index is 0.000000142. The van der Waals surface area contributed by atoms with Gasteiger partial charge in [-0.05, 0) is 140 Å². The fraction of sp³-hybridized carbons (Fsp3) is 0.118. The van der Waals surface area contributed by atoms with Crippen LogP contribution >= 0.6 is 152 Å². The van der Waals surface area contributed by atoms with Gasteiger partial charge in [0.2, 0.25) is 0 Å². The molecule has 712 valence electrons. The topological polar surface area (TPSA) is 379 Å². The molecule has 39 heteroatoms. The van der Waals surface area contributed by atoms with Gasteiger partial charge in [-0.25, -0.2) is 29.9 Å². The molecule has 12 heterocycles. The molecule has 0 spiro atoms. The second-order valence-electron chi connectivity index (χ2n) is 30.1. The first-order valence-electron chi connectivity index (χ1n) is 42.4. The molecule has 0 fully saturated rings. The summed E-state index contributed by atoms with van der Waals surface area (Å²) >= 11 is 64.0. The van der Waals surface area contributed by atoms with Crippen molar-refractivity contribution in [3.63, 3.8) is 0 Å². The number of hydrogen-bond donors (Lipinski definition) is 0. The molecule has 0 bridgehead atoms. The summed E-state index contributed by atoms with van der Waals surface area (Å²) in [6.45, 7) is 0. The van der Waals surface area contributed by atoms with Gasteiger partial charge in [0.15, 0.2) is 34.7 Å². The van der Waals surface area contributed by atoms with E-state index in [0.717, 1.165) is 58.3 Å². The van der Waals surface area contributed by atoms with E-state index in [2.05, 4.69) is 109 Å². The summed E-state index contributed by atoms with van der Waals surface area (Å²) < 4.78 is 34.6. The first-order chi connectivity index (χ1) is 68.1. The first kappa shape index (κ1) is 105. The number of carbonyl (C=O) groups is 6. The number of aryl methyl sites for hydroxylation is 6. The third-order valence-electron chi connectivity index (χ3n) is 20.4. The number of benzene rings is 6. The lowest BCUT2D eigenvalue weighted by Gasteiger charge is -2.00. The lowest BCUT2D eigenvalue weighted by Crippen LogP contribution is -2.02. The lowest BCUT2D eigenvalue weighted by atomic mass is 10.1. The van der Waals surface area contributed by atoms with Crippen molar-refractivity contribution in [3.05, 3.63) is 423 Å². The Kier molecular flexibility index (Phi) is 39.2. The number of carbonyl (C=O) groups excluding carboxylic acids is 6. The van der Waals surface area contributed by atoms with E-state index in [4.69, 9.17) is 132 Å². The quantitative estimate of drug-likeness (QED) is 0.0168. The maximum absolute atomic E-state index is 12.2. The van der Waals surface area contributed by atoms with Crippen LogP contribution in [0.5, 0.6) is 0 Å². The average Bonchev–Trinajstić information content (AvgIpc) is 1.72. The van der Waals surface area contributed by atoms with Crippen LogP contribution in [0, 0.1) is 10.1 Å². The zero-order valence-electron chi connectivity index (χ0n) is 73.2. The Morgan fingerprint density at radius 2 is 0.560 bits per heavy atom. The van der Waals surface area contributed by atoms with E-state index < -0.39 is 4.92 Å². The number of ketones is 6. The van der Waals surface area contributed by atoms with Crippen LogP contribution in [0.4, 0.5) is 5.69 Å². The predicted octanol–water partition coefficient (Wildman–Crippen LogP) is 29.4. The van der Waals surface area contributed by atoms with Gasteiger partial charge >= 0.3 is 0 Å². The van der Waals surface area contributed by atoms with Crippen LogP contribution in [-0.4, -0.2) is 100 Å². The third kappa shape index (κ3) is 30.7. The minimum atomic E-state index is -0.465. The van der Waals surface area contributed by atoms with Crippen LogP contribution in [0.25, 0.3) is 67.5 Å². The zero-order chi connectivity index (χ0) is 99.9. The van der Waals surface area contributed by atoms with Crippen molar-refractivity contribution in [1.29, 1.82) is 0 Å². The van der Waals surface area contributed by atoms with Crippen molar-refractivity contribution in [2.24, 2.45) is 0 Å². The summed E-state index contributed by atoms with van der Waals surface area (Å²) in [6, 6.07) is 72.7. The van der Waals surface area contributed by atoms with Crippen molar-refractivity contribution in [2.45, 2.75) is 77.0 Å². The highest BCUT2D eigenvalue weighted by Crippen LogP contribution is 2.35. The summed E-state index contributed by atoms with van der Waals surface area (Å²) in [6.07, 6.45) is 13.5. The summed E-state index contributed by atoms with van der Waals surface area (Å²) in [7, 11) is 0. The number of aromatic nitrogens is 12. The molecule has 0 radical (unpaired) electrons. The van der Waals surface area contributed by atoms with E-state index in [1.165, 1.54) is 24.5 Å². The number of pyridine rings is 6. The highest BCUT2D eigenvalue weighted by atomic mass is 79.9. The number of nitrogens with zero attached hydrogens (tertiary/aromatic N) is 13. The van der Waals surface area contributed by atoms with Crippen LogP contribution in [0.3, 0.4) is 0 Å². The van der Waals surface area contributed by atoms with E-state index in [-0.39, 0.29) is 97.0 Å². The normalized spacial score (nSPS) is 10.7. The zero-order valence-corrected chi connectivity index (χ0v) is 84.7. The summed E-state index contributed by atoms with van der Waals surface area (Å²) in [5, 5.41) is 37.7. The minimum absolute atomic E-state index is 0.00594. The van der Waals surface area contributed by atoms with E-state index in [9.17, 15) is 38.9 Å². The Morgan fingerprint density at radius 3 is 0.872 bits per heavy atom. The molecule has 12 aromatic heterocycles. The van der Waals surface area contributed by atoms with Crippen molar-refractivity contribution in [1.82, 2.24) is 60.8 Å². The first-order valence-corrected chi connectivity index (χ1v) is 48.2. The van der Waals surface area contributed by atoms with E-state index in [1.54, 1.807) is 152 Å². The molecule has 27 nitrogen and oxygen atoms in total. The van der Waals surface area contributed by atoms with Crippen LogP contribution in [0.1, 0.15) is 135 Å². The highest BCUT2D eigenvalue weighted by molar-refractivity contribution is 9.11. The van der Waals surface area contributed by atoms with Crippen molar-refractivity contribution < 1.29 is 60.8 Å². The Bertz CT molecular complexity index is 7290. The molecule has 0 atom stereocenters. The van der Waals surface area contributed by atoms with Crippen LogP contribution in [0.15, 0.2) is 326 Å². The van der Waals surface area contributed by atoms with Crippen LogP contribution < -0.4 is 0 Å². The molecule has 18 aromatic rings. The molecule has 0 unspecified atom stereocenters. The van der Waals surface area contributed by atoms with Gasteiger partial charge in [-0.1, -0.05) is 244 Å². The molecule has 0 aliphatic carbocycles. The molecule has 6 aromatic carbocycles. The van der Waals surface area contributed by atoms with Gasteiger partial charge in [0.1, 0.15) is 99.6 Å². The lowest BCUT2D eigenvalue weighted by molar-refractivity contribution is -0.384. The number of rotatable bonds is 31. The van der Waals surface area contributed by atoms with Crippen LogP contribution in [-0.2, 0) is 38.5 Å². The van der Waals surface area contributed by atoms with E-state index >= 15 is 0 Å². The fourth-order valence-electron chi connectivity index (χ4n) is 13.2. The highest BCUT2D eigenvalue weighted by Gasteiger charge is 2.23. The minimum Gasteiger partial charge on any atom is -0.361 e. The summed E-state index contributed by atoms with van der Waals surface area (Å²) in [4.78, 5) is 107. The molecule has 0 N–H and O–H groups in total. The molecule has 0 aliphatic heterocycles. The number of halogens is 12. The Morgan fingerprint density at radius 1 is 0.270 bits per heavy atom. The number of hydrogen-bond acceptors (Lipinski definition) is 26. The van der Waals surface area contributed by atoms with E-state index in [0.29, 0.717) is 157 Å². The second-order valence-corrected chi connectivity index (χ2v) is 36.2. The van der Waals surface area contributed by atoms with Crippen molar-refractivity contribution in [3.8, 4) is 67.5 Å². The summed E-state index contributed by atoms with van der Waals surface area (Å²) in [5.41, 5.74) is 11.6. The SMILES string of the molecule is O=C(CCc1cc(-c2ccc(Br)cc2)no1)c1cccnc1Cl.O=C(CCc1cc(-c2ccc(Cl)cc2Cl)no1)c1cccnc1Cl.O=C(CCc1cc(-c2ccc([N+](=O)[O-])cc2)no1)c1cccnc1Cl.O=C(CCc1cc(-c2cccc(Br)c2)no1)c1cccnc1Cl.O=C(CCc1cc(-c2ccccc2Br)no1)c1cccnc1Cl.O=C(CCc1cc(-c2ccccc2Cl)no1)c1cccnc1Cl. The van der Waals surface area contributed by atoms with Gasteiger partial charge in [0, 0.05) is 215 Å². The molecule has 0 amide bonds. The average molecular weight is 2260 g/mol. The van der Waals surface area contributed by atoms with Gasteiger partial charge in [-0.3, -0.25) is 38.9 Å². The molecular formula is C102H71Br3Cl9N13O14. The molecule has 18 rings (SSSR count). The number of non-ortho nitro benzene ring substituents is 1. The second kappa shape index (κ2) is 52.4. The predicted molar refractivity (Wildman–Crippen MR) is 548 cm³/mol. The van der Waals surface area contributed by atoms with Gasteiger partial charge in [0.05, 0.1) is 48.3 Å². The van der Waals surface area contributed by atoms with Gasteiger partial charge in [0.25, 0.3) is 5.69 Å². The maximum Gasteiger partial charge on any atom is 0.269 e. The third-order valence-corrected chi connectivity index (χ3v) is 24.8. The van der Waals surface area contributed by atoms with Crippen LogP contribution in [0.2, 0.25) is 46.0 Å². The standard InChI is InChI=1S/3C17H12BrClN2O2.C17H11Cl3N2O2.C17H12Cl2N2O2.C17H12ClN3O4/c18-12-4-1-3-11(9-12)15-10-13(23-21-15)6-7-16(22)14-5-2-8-20-17(14)19;18-12-5-3-11(4-6-12)15-10-13(23-21-15)7-8-16(22)14-2-1-9-20-17(14)19;18-14-6-2-1-4-12(14)15-10-11(23-21-15)7-8-16(22)13-5-3-9-20-17(13)19;18-10-3-5-12(14(19)8-10)15-9-11(24-22-15)4-6-16(23)13-2-1-7-21-17(13)20;18-14-6-2-1-4-12(14)15-10-11(23-21-15)7-8-16(22)13-5-3-9-20-17(13)19;18-17-14(2-1-9-19-17)16(22)8-7-13-10-15(20-25-13)11-3-5-12(6-4-11)21(23)24/h1-5,8-10H,6-7H2;2*1-6,9-10H,7-8H2;1-3,5,7-9H,4,6H2;1-6,9-10H,7-8H2;1-6,9-10H,7-8H2. The molecule has 141 heavy (non-hydrogen) atoms. The fourth-order valence-corrected chi connectivity index (χ4v) is 16.5. The smallest absolute Gasteiger partial charge is 0.269 e. The van der Waals surface area contributed by atoms with E-state index in [1.807, 2.05) is 109 Å². The number of Topliss-reactive ketones (excluding diaryl/α,β-unsaturated/α-hetero) is 6. The molecule has 0 saturated heterocycles.